The van der Waals surface area contributed by atoms with Crippen LogP contribution in [0.25, 0.3) is 0 Å². The third kappa shape index (κ3) is 2.87. The lowest BCUT2D eigenvalue weighted by molar-refractivity contribution is -0.384. The van der Waals surface area contributed by atoms with Gasteiger partial charge in [-0.1, -0.05) is 0 Å². The van der Waals surface area contributed by atoms with Crippen LogP contribution in [0.3, 0.4) is 0 Å². The van der Waals surface area contributed by atoms with Crippen LogP contribution in [0.4, 0.5) is 11.4 Å². The number of hydrogen-bond acceptors (Lipinski definition) is 5. The fourth-order valence-electron chi connectivity index (χ4n) is 2.22. The van der Waals surface area contributed by atoms with Crippen LogP contribution in [-0.2, 0) is 0 Å². The molecule has 1 aliphatic heterocycles. The first kappa shape index (κ1) is 14.6. The Hall–Kier alpha value is -1.76. The number of nitrogens with one attached hydrogen (secondary N) is 1. The molecule has 2 rings (SSSR count). The summed E-state index contributed by atoms with van der Waals surface area (Å²) in [5.41, 5.74) is 0.890. The second-order valence-corrected chi connectivity index (χ2v) is 5.82. The van der Waals surface area contributed by atoms with Gasteiger partial charge in [-0.2, -0.15) is 11.8 Å². The summed E-state index contributed by atoms with van der Waals surface area (Å²) in [4.78, 5) is 24.6. The van der Waals surface area contributed by atoms with E-state index in [-0.39, 0.29) is 17.6 Å². The number of hydrogen-bond donors (Lipinski definition) is 1. The number of nitro groups is 1. The molecule has 1 aromatic rings. The summed E-state index contributed by atoms with van der Waals surface area (Å²) in [6, 6.07) is 4.51. The number of amides is 1. The molecule has 1 amide bonds. The topological polar surface area (TPSA) is 75.5 Å². The fraction of sp³-hybridized carbons (Fsp3) is 0.462. The third-order valence-electron chi connectivity index (χ3n) is 3.49. The van der Waals surface area contributed by atoms with Crippen LogP contribution in [0.1, 0.15) is 16.8 Å². The van der Waals surface area contributed by atoms with Crippen LogP contribution in [0.5, 0.6) is 0 Å². The lowest BCUT2D eigenvalue weighted by Gasteiger charge is -2.24. The van der Waals surface area contributed by atoms with E-state index in [2.05, 4.69) is 5.32 Å². The van der Waals surface area contributed by atoms with E-state index >= 15 is 0 Å². The normalized spacial score (nSPS) is 17.8. The summed E-state index contributed by atoms with van der Waals surface area (Å²) in [6.07, 6.45) is 0.969. The van der Waals surface area contributed by atoms with Crippen molar-refractivity contribution in [2.75, 3.05) is 30.9 Å². The molecule has 1 N–H and O–H groups in total. The van der Waals surface area contributed by atoms with Crippen molar-refractivity contribution < 1.29 is 9.72 Å². The van der Waals surface area contributed by atoms with Crippen LogP contribution in [0.2, 0.25) is 0 Å². The van der Waals surface area contributed by atoms with Crippen LogP contribution in [0.15, 0.2) is 18.2 Å². The first-order valence-corrected chi connectivity index (χ1v) is 7.51. The lowest BCUT2D eigenvalue weighted by atomic mass is 10.1. The molecule has 0 spiro atoms. The van der Waals surface area contributed by atoms with Crippen molar-refractivity contribution in [1.82, 2.24) is 4.90 Å². The van der Waals surface area contributed by atoms with E-state index in [1.807, 2.05) is 11.8 Å². The molecular weight excluding hydrogens is 278 g/mol. The van der Waals surface area contributed by atoms with Crippen molar-refractivity contribution in [2.45, 2.75) is 12.5 Å². The van der Waals surface area contributed by atoms with Gasteiger partial charge in [-0.3, -0.25) is 14.9 Å². The molecule has 0 aromatic heterocycles. The number of carbonyl (C=O) groups excluding carboxylic acids is 1. The average molecular weight is 295 g/mol. The van der Waals surface area contributed by atoms with Crippen LogP contribution in [0, 0.1) is 10.1 Å². The number of nitro benzene ring substituents is 1. The lowest BCUT2D eigenvalue weighted by Crippen LogP contribution is -2.37. The predicted octanol–water partition coefficient (Wildman–Crippen LogP) is 2.21. The Morgan fingerprint density at radius 3 is 2.85 bits per heavy atom. The quantitative estimate of drug-likeness (QED) is 0.681. The zero-order valence-corrected chi connectivity index (χ0v) is 12.3. The highest BCUT2D eigenvalue weighted by Gasteiger charge is 2.27. The molecule has 1 heterocycles. The number of carbonyl (C=O) groups is 1. The Morgan fingerprint density at radius 2 is 2.30 bits per heavy atom. The molecule has 1 atom stereocenters. The summed E-state index contributed by atoms with van der Waals surface area (Å²) in [7, 11) is 3.46. The van der Waals surface area contributed by atoms with Gasteiger partial charge in [-0.15, -0.1) is 0 Å². The van der Waals surface area contributed by atoms with Gasteiger partial charge in [0.15, 0.2) is 0 Å². The maximum atomic E-state index is 12.5. The van der Waals surface area contributed by atoms with Gasteiger partial charge in [-0.05, 0) is 18.2 Å². The molecule has 1 fully saturated rings. The minimum atomic E-state index is -0.484. The summed E-state index contributed by atoms with van der Waals surface area (Å²) < 4.78 is 0. The zero-order valence-electron chi connectivity index (χ0n) is 11.5. The Balaban J connectivity index is 2.31. The molecule has 1 aromatic carbocycles. The van der Waals surface area contributed by atoms with Crippen molar-refractivity contribution in [2.24, 2.45) is 0 Å². The molecule has 1 aliphatic rings. The number of non-ortho nitro benzene ring substituents is 1. The molecule has 1 unspecified atom stereocenters. The molecule has 0 saturated carbocycles. The number of thioether (sulfide) groups is 1. The monoisotopic (exact) mass is 295 g/mol. The second-order valence-electron chi connectivity index (χ2n) is 4.67. The SMILES string of the molecule is CNc1ccc([N+](=O)[O-])cc1C(=O)N(C)C1CCSC1. The highest BCUT2D eigenvalue weighted by Crippen LogP contribution is 2.26. The molecular formula is C13H17N3O3S. The van der Waals surface area contributed by atoms with Gasteiger partial charge < -0.3 is 10.2 Å². The predicted molar refractivity (Wildman–Crippen MR) is 80.5 cm³/mol. The van der Waals surface area contributed by atoms with Gasteiger partial charge >= 0.3 is 0 Å². The highest BCUT2D eigenvalue weighted by atomic mass is 32.2. The molecule has 7 heteroatoms. The largest absolute Gasteiger partial charge is 0.387 e. The second kappa shape index (κ2) is 6.13. The number of rotatable bonds is 4. The van der Waals surface area contributed by atoms with Crippen molar-refractivity contribution in [3.8, 4) is 0 Å². The van der Waals surface area contributed by atoms with E-state index in [9.17, 15) is 14.9 Å². The summed E-state index contributed by atoms with van der Waals surface area (Å²) in [6.45, 7) is 0. The van der Waals surface area contributed by atoms with Gasteiger partial charge in [0.2, 0.25) is 0 Å². The fourth-order valence-corrected chi connectivity index (χ4v) is 3.49. The number of nitrogens with zero attached hydrogens (tertiary/aromatic N) is 2. The Morgan fingerprint density at radius 1 is 1.55 bits per heavy atom. The van der Waals surface area contributed by atoms with E-state index in [4.69, 9.17) is 0 Å². The van der Waals surface area contributed by atoms with E-state index in [0.717, 1.165) is 17.9 Å². The standard InChI is InChI=1S/C13H17N3O3S/c1-14-12-4-3-9(16(18)19)7-11(12)13(17)15(2)10-5-6-20-8-10/h3-4,7,10,14H,5-6,8H2,1-2H3. The van der Waals surface area contributed by atoms with Crippen molar-refractivity contribution in [3.05, 3.63) is 33.9 Å². The maximum absolute atomic E-state index is 12.5. The molecule has 0 aliphatic carbocycles. The van der Waals surface area contributed by atoms with E-state index in [1.165, 1.54) is 12.1 Å². The first-order valence-electron chi connectivity index (χ1n) is 6.35. The molecule has 0 bridgehead atoms. The van der Waals surface area contributed by atoms with Crippen molar-refractivity contribution in [1.29, 1.82) is 0 Å². The van der Waals surface area contributed by atoms with Crippen LogP contribution >= 0.6 is 11.8 Å². The minimum Gasteiger partial charge on any atom is -0.387 e. The number of anilines is 1. The van der Waals surface area contributed by atoms with E-state index < -0.39 is 4.92 Å². The van der Waals surface area contributed by atoms with Crippen LogP contribution < -0.4 is 5.32 Å². The summed E-state index contributed by atoms with van der Waals surface area (Å²) in [5, 5.41) is 13.8. The Bertz CT molecular complexity index is 530. The molecule has 20 heavy (non-hydrogen) atoms. The molecule has 6 nitrogen and oxygen atoms in total. The Kier molecular flexibility index (Phi) is 4.49. The molecule has 108 valence electrons. The third-order valence-corrected chi connectivity index (χ3v) is 4.63. The van der Waals surface area contributed by atoms with Gasteiger partial charge in [-0.25, -0.2) is 0 Å². The number of benzene rings is 1. The molecule has 1 saturated heterocycles. The first-order chi connectivity index (χ1) is 9.54. The smallest absolute Gasteiger partial charge is 0.270 e. The van der Waals surface area contributed by atoms with Gasteiger partial charge in [0.05, 0.1) is 10.5 Å². The van der Waals surface area contributed by atoms with Crippen molar-refractivity contribution in [3.63, 3.8) is 0 Å². The van der Waals surface area contributed by atoms with E-state index in [0.29, 0.717) is 11.3 Å². The van der Waals surface area contributed by atoms with Crippen molar-refractivity contribution >= 4 is 29.0 Å². The Labute approximate surface area is 121 Å². The van der Waals surface area contributed by atoms with Gasteiger partial charge in [0, 0.05) is 43.7 Å². The summed E-state index contributed by atoms with van der Waals surface area (Å²) >= 11 is 1.82. The summed E-state index contributed by atoms with van der Waals surface area (Å²) in [5.74, 6) is 1.80. The average Bonchev–Trinajstić information content (AvgIpc) is 2.99. The minimum absolute atomic E-state index is 0.0680. The molecule has 0 radical (unpaired) electrons. The van der Waals surface area contributed by atoms with Crippen LogP contribution in [-0.4, -0.2) is 47.4 Å². The highest BCUT2D eigenvalue weighted by molar-refractivity contribution is 7.99. The van der Waals surface area contributed by atoms with Gasteiger partial charge in [0.1, 0.15) is 0 Å². The van der Waals surface area contributed by atoms with Gasteiger partial charge in [0.25, 0.3) is 11.6 Å². The zero-order chi connectivity index (χ0) is 14.7. The van der Waals surface area contributed by atoms with E-state index in [1.54, 1.807) is 25.1 Å². The maximum Gasteiger partial charge on any atom is 0.270 e.